The van der Waals surface area contributed by atoms with E-state index in [1.54, 1.807) is 32.4 Å². The van der Waals surface area contributed by atoms with Gasteiger partial charge in [0.15, 0.2) is 5.79 Å². The molecule has 0 unspecified atom stereocenters. The van der Waals surface area contributed by atoms with E-state index in [1.807, 2.05) is 13.0 Å². The fourth-order valence-corrected chi connectivity index (χ4v) is 10.0. The lowest BCUT2D eigenvalue weighted by molar-refractivity contribution is -0.454. The van der Waals surface area contributed by atoms with Crippen LogP contribution in [0.2, 0.25) is 0 Å². The van der Waals surface area contributed by atoms with Gasteiger partial charge in [-0.3, -0.25) is 9.59 Å². The van der Waals surface area contributed by atoms with Gasteiger partial charge in [-0.25, -0.2) is 4.79 Å². The van der Waals surface area contributed by atoms with E-state index >= 15 is 0 Å². The second-order valence-corrected chi connectivity index (χ2v) is 13.8. The summed E-state index contributed by atoms with van der Waals surface area (Å²) in [4.78, 5) is 39.2. The minimum absolute atomic E-state index is 0.0155. The molecule has 6 aliphatic rings. The number of rotatable bonds is 5. The van der Waals surface area contributed by atoms with Crippen molar-refractivity contribution in [2.75, 3.05) is 13.7 Å². The number of cyclic esters (lactones) is 1. The van der Waals surface area contributed by atoms with Crippen LogP contribution in [0.1, 0.15) is 78.4 Å². The highest BCUT2D eigenvalue weighted by molar-refractivity contribution is 5.87. The highest BCUT2D eigenvalue weighted by Crippen LogP contribution is 2.76. The fourth-order valence-electron chi connectivity index (χ4n) is 10.0. The first-order valence-corrected chi connectivity index (χ1v) is 14.8. The van der Waals surface area contributed by atoms with E-state index in [9.17, 15) is 19.5 Å². The molecule has 0 aromatic carbocycles. The highest BCUT2D eigenvalue weighted by Gasteiger charge is 2.80. The van der Waals surface area contributed by atoms with Gasteiger partial charge in [0.25, 0.3) is 0 Å². The van der Waals surface area contributed by atoms with E-state index < -0.39 is 40.7 Å². The summed E-state index contributed by atoms with van der Waals surface area (Å²) in [5.74, 6) is -3.61. The second-order valence-electron chi connectivity index (χ2n) is 13.8. The first-order valence-electron chi connectivity index (χ1n) is 14.8. The molecular formula is C32H42O9. The predicted molar refractivity (Wildman–Crippen MR) is 145 cm³/mol. The van der Waals surface area contributed by atoms with Gasteiger partial charge in [0.05, 0.1) is 32.2 Å². The smallest absolute Gasteiger partial charge is 0.333 e. The zero-order valence-electron chi connectivity index (χ0n) is 24.8. The standard InChI is InChI=1S/C32H42O9/c1-7-17(2)28(35)41-27-22-12-19-20(31(5)23(14-24(33)37-6)30(27,4)16-39-32(22,31)36)8-10-29(3)21(19)13-25(34)40-26(29)18-9-11-38-15-18/h7,9,11,15,19-23,26-27,36H,8,10,12-14,16H2,1-6H3/b17-7+/t19-,20-,21-,22-,23-,26-,27+,29+,30-,31+,32+/m0/s1. The van der Waals surface area contributed by atoms with Gasteiger partial charge in [-0.2, -0.15) is 0 Å². The third-order valence-electron chi connectivity index (χ3n) is 12.3. The molecule has 9 heteroatoms. The van der Waals surface area contributed by atoms with E-state index in [4.69, 9.17) is 23.4 Å². The quantitative estimate of drug-likeness (QED) is 0.304. The second kappa shape index (κ2) is 9.43. The number of fused-ring (bicyclic) bond motifs is 4. The molecule has 9 nitrogen and oxygen atoms in total. The molecule has 1 N–H and O–H groups in total. The fraction of sp³-hybridized carbons (Fsp3) is 0.719. The van der Waals surface area contributed by atoms with Crippen LogP contribution in [0.25, 0.3) is 0 Å². The van der Waals surface area contributed by atoms with Crippen molar-refractivity contribution in [3.63, 3.8) is 0 Å². The zero-order chi connectivity index (χ0) is 29.5. The van der Waals surface area contributed by atoms with Crippen LogP contribution in [0, 0.1) is 45.8 Å². The zero-order valence-corrected chi connectivity index (χ0v) is 24.8. The van der Waals surface area contributed by atoms with Crippen molar-refractivity contribution in [1.29, 1.82) is 0 Å². The Labute approximate surface area is 240 Å². The Hall–Kier alpha value is -2.65. The summed E-state index contributed by atoms with van der Waals surface area (Å²) in [6.07, 6.45) is 6.27. The Bertz CT molecular complexity index is 1270. The van der Waals surface area contributed by atoms with Gasteiger partial charge >= 0.3 is 17.9 Å². The van der Waals surface area contributed by atoms with Crippen molar-refractivity contribution in [1.82, 2.24) is 0 Å². The monoisotopic (exact) mass is 570 g/mol. The van der Waals surface area contributed by atoms with E-state index in [1.165, 1.54) is 7.11 Å². The van der Waals surface area contributed by atoms with Crippen LogP contribution in [0.3, 0.4) is 0 Å². The molecular weight excluding hydrogens is 528 g/mol. The van der Waals surface area contributed by atoms with E-state index in [2.05, 4.69) is 13.8 Å². The van der Waals surface area contributed by atoms with Gasteiger partial charge in [0.2, 0.25) is 0 Å². The van der Waals surface area contributed by atoms with Gasteiger partial charge in [-0.15, -0.1) is 0 Å². The van der Waals surface area contributed by atoms with Gasteiger partial charge < -0.3 is 28.5 Å². The number of carbonyl (C=O) groups excluding carboxylic acids is 3. The number of allylic oxidation sites excluding steroid dienone is 1. The largest absolute Gasteiger partial charge is 0.472 e. The number of methoxy groups -OCH3 is 1. The molecule has 0 spiro atoms. The summed E-state index contributed by atoms with van der Waals surface area (Å²) in [5.41, 5.74) is -0.588. The SMILES string of the molecule is C/C=C(\C)C(=O)O[C@@H]1[C@@H]2C[C@@H]3[C@@H]4CC(=O)O[C@@H](c5ccoc5)[C@]4(C)CC[C@@H]3[C@]3(C)[C@@H](CC(=O)OC)[C@]1(C)CO[C@]23O. The van der Waals surface area contributed by atoms with Crippen LogP contribution >= 0.6 is 0 Å². The Morgan fingerprint density at radius 3 is 2.59 bits per heavy atom. The van der Waals surface area contributed by atoms with Crippen LogP contribution < -0.4 is 0 Å². The predicted octanol–water partition coefficient (Wildman–Crippen LogP) is 4.74. The maximum absolute atomic E-state index is 13.2. The number of furan rings is 1. The maximum atomic E-state index is 13.2. The molecule has 41 heavy (non-hydrogen) atoms. The molecule has 1 aromatic heterocycles. The number of esters is 3. The molecule has 3 saturated carbocycles. The van der Waals surface area contributed by atoms with Gasteiger partial charge in [-0.1, -0.05) is 26.8 Å². The first kappa shape index (κ1) is 28.5. The van der Waals surface area contributed by atoms with E-state index in [0.717, 1.165) is 18.4 Å². The van der Waals surface area contributed by atoms with Crippen LogP contribution in [0.15, 0.2) is 34.7 Å². The third kappa shape index (κ3) is 3.70. The van der Waals surface area contributed by atoms with Crippen LogP contribution in [0.5, 0.6) is 0 Å². The molecule has 11 atom stereocenters. The first-order chi connectivity index (χ1) is 19.3. The van der Waals surface area contributed by atoms with Crippen molar-refractivity contribution in [3.05, 3.63) is 35.8 Å². The van der Waals surface area contributed by atoms with Gasteiger partial charge in [0.1, 0.15) is 12.2 Å². The molecule has 1 aromatic rings. The number of hydrogen-bond acceptors (Lipinski definition) is 9. The molecule has 0 radical (unpaired) electrons. The lowest BCUT2D eigenvalue weighted by Gasteiger charge is -2.76. The normalized spacial score (nSPS) is 46.7. The number of carbonyl (C=O) groups is 3. The summed E-state index contributed by atoms with van der Waals surface area (Å²) >= 11 is 0. The number of hydrogen-bond donors (Lipinski definition) is 1. The van der Waals surface area contributed by atoms with Crippen LogP contribution in [-0.4, -0.2) is 48.6 Å². The molecule has 3 aliphatic carbocycles. The Balaban J connectivity index is 1.47. The Morgan fingerprint density at radius 2 is 1.93 bits per heavy atom. The summed E-state index contributed by atoms with van der Waals surface area (Å²) in [7, 11) is 1.37. The van der Waals surface area contributed by atoms with Gasteiger partial charge in [-0.05, 0) is 62.8 Å². The van der Waals surface area contributed by atoms with Crippen molar-refractivity contribution in [2.45, 2.75) is 84.7 Å². The van der Waals surface area contributed by atoms with Crippen LogP contribution in [0.4, 0.5) is 0 Å². The molecule has 0 amide bonds. The third-order valence-corrected chi connectivity index (χ3v) is 12.3. The topological polar surface area (TPSA) is 122 Å². The Morgan fingerprint density at radius 1 is 1.17 bits per heavy atom. The minimum Gasteiger partial charge on any atom is -0.472 e. The van der Waals surface area contributed by atoms with Crippen LogP contribution in [-0.2, 0) is 33.3 Å². The molecule has 4 heterocycles. The summed E-state index contributed by atoms with van der Waals surface area (Å²) in [6.45, 7) is 9.92. The lowest BCUT2D eigenvalue weighted by Crippen LogP contribution is -2.81. The number of aliphatic hydroxyl groups is 1. The lowest BCUT2D eigenvalue weighted by atomic mass is 9.34. The van der Waals surface area contributed by atoms with Crippen molar-refractivity contribution < 1.29 is 42.9 Å². The molecule has 224 valence electrons. The maximum Gasteiger partial charge on any atom is 0.333 e. The van der Waals surface area contributed by atoms with E-state index in [0.29, 0.717) is 12.0 Å². The average Bonchev–Trinajstić information content (AvgIpc) is 3.48. The number of ether oxygens (including phenoxy) is 4. The summed E-state index contributed by atoms with van der Waals surface area (Å²) < 4.78 is 29.2. The van der Waals surface area contributed by atoms with E-state index in [-0.39, 0.29) is 60.5 Å². The molecule has 7 rings (SSSR count). The molecule has 3 aliphatic heterocycles. The average molecular weight is 571 g/mol. The highest BCUT2D eigenvalue weighted by atomic mass is 16.6. The molecule has 3 saturated heterocycles. The van der Waals surface area contributed by atoms with Gasteiger partial charge in [0, 0.05) is 40.2 Å². The van der Waals surface area contributed by atoms with Crippen molar-refractivity contribution in [2.24, 2.45) is 45.8 Å². The molecule has 6 fully saturated rings. The Kier molecular flexibility index (Phi) is 6.55. The van der Waals surface area contributed by atoms with Crippen molar-refractivity contribution in [3.8, 4) is 0 Å². The molecule has 4 bridgehead atoms. The van der Waals surface area contributed by atoms with Crippen molar-refractivity contribution >= 4 is 17.9 Å². The minimum atomic E-state index is -1.60. The summed E-state index contributed by atoms with van der Waals surface area (Å²) in [6, 6.07) is 1.86. The summed E-state index contributed by atoms with van der Waals surface area (Å²) in [5, 5.41) is 12.6.